The standard InChI is InChI=1S/C19H18N4O4/c1-13-20-12-23(21-13)15-9-7-14(8-10-15)22-11-5-4-6-16(18(24)26-2)17(22)19(25)27-3/h4-12H,1-3H3. The number of allylic oxidation sites excluding steroid dienone is 2. The van der Waals surface area contributed by atoms with Crippen molar-refractivity contribution >= 4 is 17.6 Å². The third-order valence-corrected chi connectivity index (χ3v) is 3.89. The summed E-state index contributed by atoms with van der Waals surface area (Å²) in [5, 5.41) is 4.26. The molecule has 0 fully saturated rings. The molecule has 8 nitrogen and oxygen atoms in total. The molecule has 0 radical (unpaired) electrons. The molecule has 0 N–H and O–H groups in total. The van der Waals surface area contributed by atoms with Gasteiger partial charge in [0.25, 0.3) is 0 Å². The van der Waals surface area contributed by atoms with Crippen LogP contribution in [0.15, 0.2) is 66.3 Å². The van der Waals surface area contributed by atoms with Gasteiger partial charge in [0.1, 0.15) is 17.8 Å². The lowest BCUT2D eigenvalue weighted by Crippen LogP contribution is -2.26. The van der Waals surface area contributed by atoms with Gasteiger partial charge < -0.3 is 14.4 Å². The second-order valence-corrected chi connectivity index (χ2v) is 5.57. The number of aromatic nitrogens is 3. The number of benzene rings is 1. The summed E-state index contributed by atoms with van der Waals surface area (Å²) in [6.45, 7) is 1.81. The molecular formula is C19H18N4O4. The molecule has 0 bridgehead atoms. The molecule has 2 aromatic rings. The Morgan fingerprint density at radius 2 is 1.63 bits per heavy atom. The third-order valence-electron chi connectivity index (χ3n) is 3.89. The molecule has 0 aliphatic carbocycles. The van der Waals surface area contributed by atoms with E-state index in [0.29, 0.717) is 11.5 Å². The van der Waals surface area contributed by atoms with Crippen LogP contribution in [0, 0.1) is 6.92 Å². The van der Waals surface area contributed by atoms with Crippen molar-refractivity contribution in [2.75, 3.05) is 19.1 Å². The van der Waals surface area contributed by atoms with Crippen molar-refractivity contribution < 1.29 is 19.1 Å². The highest BCUT2D eigenvalue weighted by atomic mass is 16.5. The molecule has 0 atom stereocenters. The predicted octanol–water partition coefficient (Wildman–Crippen LogP) is 2.07. The van der Waals surface area contributed by atoms with E-state index in [2.05, 4.69) is 10.1 Å². The van der Waals surface area contributed by atoms with Gasteiger partial charge in [-0.05, 0) is 43.3 Å². The smallest absolute Gasteiger partial charge is 0.355 e. The zero-order valence-corrected chi connectivity index (χ0v) is 15.1. The van der Waals surface area contributed by atoms with Crippen LogP contribution >= 0.6 is 0 Å². The SMILES string of the molecule is COC(=O)C1=C(C(=O)OC)N(c2ccc(-n3cnc(C)n3)cc2)C=CC=C1. The molecule has 0 saturated carbocycles. The second kappa shape index (κ2) is 7.69. The summed E-state index contributed by atoms with van der Waals surface area (Å²) in [7, 11) is 2.52. The van der Waals surface area contributed by atoms with Gasteiger partial charge in [-0.25, -0.2) is 19.3 Å². The third kappa shape index (κ3) is 3.64. The minimum absolute atomic E-state index is 0.0682. The summed E-state index contributed by atoms with van der Waals surface area (Å²) >= 11 is 0. The van der Waals surface area contributed by atoms with Crippen LogP contribution in [0.5, 0.6) is 0 Å². The molecule has 1 aromatic heterocycles. The van der Waals surface area contributed by atoms with E-state index < -0.39 is 11.9 Å². The van der Waals surface area contributed by atoms with E-state index in [0.717, 1.165) is 5.69 Å². The predicted molar refractivity (Wildman–Crippen MR) is 97.9 cm³/mol. The number of carbonyl (C=O) groups is 2. The van der Waals surface area contributed by atoms with Crippen molar-refractivity contribution in [1.29, 1.82) is 0 Å². The van der Waals surface area contributed by atoms with Gasteiger partial charge in [-0.1, -0.05) is 6.08 Å². The molecule has 1 aliphatic heterocycles. The van der Waals surface area contributed by atoms with Crippen molar-refractivity contribution in [3.05, 3.63) is 72.1 Å². The molecule has 8 heteroatoms. The largest absolute Gasteiger partial charge is 0.465 e. The zero-order valence-electron chi connectivity index (χ0n) is 15.1. The van der Waals surface area contributed by atoms with E-state index >= 15 is 0 Å². The summed E-state index contributed by atoms with van der Waals surface area (Å²) in [6.07, 6.45) is 8.18. The van der Waals surface area contributed by atoms with Crippen molar-refractivity contribution in [2.45, 2.75) is 6.92 Å². The highest BCUT2D eigenvalue weighted by Crippen LogP contribution is 2.27. The zero-order chi connectivity index (χ0) is 19.4. The van der Waals surface area contributed by atoms with Crippen LogP contribution in [-0.4, -0.2) is 40.9 Å². The lowest BCUT2D eigenvalue weighted by Gasteiger charge is -2.23. The number of carbonyl (C=O) groups excluding carboxylic acids is 2. The number of ether oxygens (including phenoxy) is 2. The van der Waals surface area contributed by atoms with E-state index in [1.807, 2.05) is 19.1 Å². The summed E-state index contributed by atoms with van der Waals surface area (Å²) in [5.41, 5.74) is 1.65. The van der Waals surface area contributed by atoms with Crippen LogP contribution < -0.4 is 4.90 Å². The molecule has 3 rings (SSSR count). The van der Waals surface area contributed by atoms with E-state index in [1.165, 1.54) is 20.3 Å². The number of rotatable bonds is 4. The fourth-order valence-corrected chi connectivity index (χ4v) is 2.60. The van der Waals surface area contributed by atoms with Gasteiger partial charge >= 0.3 is 11.9 Å². The molecule has 0 spiro atoms. The Morgan fingerprint density at radius 1 is 0.963 bits per heavy atom. The van der Waals surface area contributed by atoms with Crippen LogP contribution in [-0.2, 0) is 19.1 Å². The summed E-state index contributed by atoms with van der Waals surface area (Å²) < 4.78 is 11.3. The molecule has 138 valence electrons. The summed E-state index contributed by atoms with van der Waals surface area (Å²) in [4.78, 5) is 30.2. The monoisotopic (exact) mass is 366 g/mol. The number of hydrogen-bond donors (Lipinski definition) is 0. The Balaban J connectivity index is 2.04. The van der Waals surface area contributed by atoms with Crippen LogP contribution in [0.1, 0.15) is 5.82 Å². The maximum Gasteiger partial charge on any atom is 0.355 e. The quantitative estimate of drug-likeness (QED) is 0.766. The molecule has 1 aromatic carbocycles. The first kappa shape index (κ1) is 18.1. The number of nitrogens with zero attached hydrogens (tertiary/aromatic N) is 4. The maximum atomic E-state index is 12.4. The first-order chi connectivity index (χ1) is 13.0. The first-order valence-electron chi connectivity index (χ1n) is 8.09. The Bertz CT molecular complexity index is 954. The van der Waals surface area contributed by atoms with Crippen LogP contribution in [0.3, 0.4) is 0 Å². The normalized spacial score (nSPS) is 13.5. The minimum atomic E-state index is -0.650. The lowest BCUT2D eigenvalue weighted by molar-refractivity contribution is -0.139. The number of methoxy groups -OCH3 is 2. The lowest BCUT2D eigenvalue weighted by atomic mass is 10.1. The van der Waals surface area contributed by atoms with Gasteiger partial charge in [0, 0.05) is 11.9 Å². The second-order valence-electron chi connectivity index (χ2n) is 5.57. The molecule has 0 saturated heterocycles. The van der Waals surface area contributed by atoms with E-state index in [1.54, 1.807) is 46.4 Å². The van der Waals surface area contributed by atoms with Gasteiger partial charge in [0.2, 0.25) is 0 Å². The van der Waals surface area contributed by atoms with Crippen LogP contribution in [0.25, 0.3) is 5.69 Å². The van der Waals surface area contributed by atoms with Gasteiger partial charge in [-0.2, -0.15) is 5.10 Å². The van der Waals surface area contributed by atoms with Gasteiger partial charge in [0.15, 0.2) is 0 Å². The number of aryl methyl sites for hydroxylation is 1. The molecule has 0 unspecified atom stereocenters. The number of esters is 2. The van der Waals surface area contributed by atoms with E-state index in [-0.39, 0.29) is 11.3 Å². The van der Waals surface area contributed by atoms with Gasteiger partial charge in [-0.15, -0.1) is 0 Å². The van der Waals surface area contributed by atoms with Gasteiger partial charge in [-0.3, -0.25) is 0 Å². The molecule has 2 heterocycles. The van der Waals surface area contributed by atoms with Crippen molar-refractivity contribution in [2.24, 2.45) is 0 Å². The van der Waals surface area contributed by atoms with E-state index in [4.69, 9.17) is 9.47 Å². The Morgan fingerprint density at radius 3 is 2.22 bits per heavy atom. The average molecular weight is 366 g/mol. The maximum absolute atomic E-state index is 12.4. The topological polar surface area (TPSA) is 86.6 Å². The minimum Gasteiger partial charge on any atom is -0.465 e. The average Bonchev–Trinajstić information content (AvgIpc) is 3.01. The fraction of sp³-hybridized carbons (Fsp3) is 0.158. The van der Waals surface area contributed by atoms with Gasteiger partial charge in [0.05, 0.1) is 25.5 Å². The number of anilines is 1. The summed E-state index contributed by atoms with van der Waals surface area (Å²) in [6, 6.07) is 7.28. The van der Waals surface area contributed by atoms with Crippen LogP contribution in [0.4, 0.5) is 5.69 Å². The van der Waals surface area contributed by atoms with Crippen molar-refractivity contribution in [3.8, 4) is 5.69 Å². The Labute approximate surface area is 156 Å². The number of hydrogen-bond acceptors (Lipinski definition) is 7. The molecule has 1 aliphatic rings. The fourth-order valence-electron chi connectivity index (χ4n) is 2.60. The highest BCUT2D eigenvalue weighted by Gasteiger charge is 2.27. The molecular weight excluding hydrogens is 348 g/mol. The summed E-state index contributed by atoms with van der Waals surface area (Å²) in [5.74, 6) is -0.614. The van der Waals surface area contributed by atoms with E-state index in [9.17, 15) is 9.59 Å². The first-order valence-corrected chi connectivity index (χ1v) is 8.09. The molecule has 27 heavy (non-hydrogen) atoms. The van der Waals surface area contributed by atoms with Crippen molar-refractivity contribution in [1.82, 2.24) is 14.8 Å². The Hall–Kier alpha value is -3.68. The molecule has 0 amide bonds. The van der Waals surface area contributed by atoms with Crippen LogP contribution in [0.2, 0.25) is 0 Å². The van der Waals surface area contributed by atoms with Crippen molar-refractivity contribution in [3.63, 3.8) is 0 Å². The Kier molecular flexibility index (Phi) is 5.16. The highest BCUT2D eigenvalue weighted by molar-refractivity contribution is 6.05.